The summed E-state index contributed by atoms with van der Waals surface area (Å²) in [5.74, 6) is 4.55. The molecule has 37 heavy (non-hydrogen) atoms. The number of rotatable bonds is 9. The first-order valence-corrected chi connectivity index (χ1v) is 15.7. The van der Waals surface area contributed by atoms with Crippen molar-refractivity contribution in [3.63, 3.8) is 0 Å². The van der Waals surface area contributed by atoms with E-state index in [1.807, 2.05) is 0 Å². The Kier molecular flexibility index (Phi) is 9.41. The van der Waals surface area contributed by atoms with Crippen LogP contribution in [0.3, 0.4) is 0 Å². The Bertz CT molecular complexity index is 1010. The summed E-state index contributed by atoms with van der Waals surface area (Å²) in [6.45, 7) is 6.05. The lowest BCUT2D eigenvalue weighted by Crippen LogP contribution is -2.26. The standard InChI is InChI=1S/C37H50/c1-3-5-7-9-29-10-14-30(15-11-29)31-18-20-33(21-19-31)35-23-25-36-26-34(22-24-37(36)27-35)32-16-12-28(13-17-32)8-6-4-2/h3-5,18-21,23,25,27-30,32,34H,2,6-17,22,24,26H2,1H3/b5-3+. The van der Waals surface area contributed by atoms with Crippen molar-refractivity contribution < 1.29 is 0 Å². The lowest BCUT2D eigenvalue weighted by molar-refractivity contribution is 0.185. The lowest BCUT2D eigenvalue weighted by Gasteiger charge is -2.36. The molecule has 2 aromatic carbocycles. The highest BCUT2D eigenvalue weighted by Gasteiger charge is 2.30. The van der Waals surface area contributed by atoms with Gasteiger partial charge in [0.2, 0.25) is 0 Å². The Balaban J connectivity index is 1.14. The van der Waals surface area contributed by atoms with Crippen LogP contribution in [0.25, 0.3) is 11.1 Å². The van der Waals surface area contributed by atoms with Gasteiger partial charge in [-0.3, -0.25) is 0 Å². The van der Waals surface area contributed by atoms with Gasteiger partial charge in [-0.25, -0.2) is 0 Å². The van der Waals surface area contributed by atoms with Crippen molar-refractivity contribution in [2.24, 2.45) is 23.7 Å². The van der Waals surface area contributed by atoms with E-state index >= 15 is 0 Å². The predicted molar refractivity (Wildman–Crippen MR) is 161 cm³/mol. The van der Waals surface area contributed by atoms with Crippen molar-refractivity contribution in [1.82, 2.24) is 0 Å². The molecule has 1 unspecified atom stereocenters. The maximum Gasteiger partial charge on any atom is -0.0162 e. The second kappa shape index (κ2) is 13.1. The number of hydrogen-bond acceptors (Lipinski definition) is 0. The van der Waals surface area contributed by atoms with Crippen molar-refractivity contribution in [2.45, 2.75) is 109 Å². The summed E-state index contributed by atoms with van der Waals surface area (Å²) in [7, 11) is 0. The fourth-order valence-electron chi connectivity index (χ4n) is 7.90. The lowest BCUT2D eigenvalue weighted by atomic mass is 9.69. The van der Waals surface area contributed by atoms with Gasteiger partial charge >= 0.3 is 0 Å². The van der Waals surface area contributed by atoms with E-state index in [1.165, 1.54) is 107 Å². The Morgan fingerprint density at radius 2 is 1.38 bits per heavy atom. The molecule has 1 atom stereocenters. The van der Waals surface area contributed by atoms with Crippen molar-refractivity contribution in [2.75, 3.05) is 0 Å². The first-order chi connectivity index (χ1) is 18.2. The Morgan fingerprint density at radius 1 is 0.703 bits per heavy atom. The van der Waals surface area contributed by atoms with Gasteiger partial charge in [0.15, 0.2) is 0 Å². The predicted octanol–water partition coefficient (Wildman–Crippen LogP) is 10.9. The zero-order chi connectivity index (χ0) is 25.5. The van der Waals surface area contributed by atoms with Crippen LogP contribution in [0.15, 0.2) is 67.3 Å². The number of aryl methyl sites for hydroxylation is 1. The molecule has 0 heteroatoms. The zero-order valence-corrected chi connectivity index (χ0v) is 23.5. The van der Waals surface area contributed by atoms with Gasteiger partial charge in [-0.05, 0) is 148 Å². The smallest absolute Gasteiger partial charge is 0.0162 e. The molecule has 0 heterocycles. The molecule has 0 radical (unpaired) electrons. The van der Waals surface area contributed by atoms with E-state index in [-0.39, 0.29) is 0 Å². The Labute approximate surface area is 227 Å². The van der Waals surface area contributed by atoms with Gasteiger partial charge in [0, 0.05) is 0 Å². The van der Waals surface area contributed by atoms with Crippen LogP contribution in [0, 0.1) is 23.7 Å². The SMILES string of the molecule is C=CCCC1CCC(C2CCc3cc(-c4ccc(C5CCC(CC/C=C/C)CC5)cc4)ccc3C2)CC1. The van der Waals surface area contributed by atoms with Crippen molar-refractivity contribution in [3.8, 4) is 11.1 Å². The molecule has 0 N–H and O–H groups in total. The molecule has 0 bridgehead atoms. The van der Waals surface area contributed by atoms with Crippen LogP contribution < -0.4 is 0 Å². The highest BCUT2D eigenvalue weighted by molar-refractivity contribution is 5.65. The van der Waals surface area contributed by atoms with Crippen LogP contribution >= 0.6 is 0 Å². The van der Waals surface area contributed by atoms with Crippen LogP contribution in [0.1, 0.15) is 113 Å². The van der Waals surface area contributed by atoms with Crippen molar-refractivity contribution in [1.29, 1.82) is 0 Å². The number of allylic oxidation sites excluding steroid dienone is 3. The van der Waals surface area contributed by atoms with E-state index in [0.29, 0.717) is 0 Å². The van der Waals surface area contributed by atoms with Gasteiger partial charge in [0.05, 0.1) is 0 Å². The number of hydrogen-bond donors (Lipinski definition) is 0. The molecule has 5 rings (SSSR count). The molecule has 0 amide bonds. The van der Waals surface area contributed by atoms with Gasteiger partial charge in [0.25, 0.3) is 0 Å². The quantitative estimate of drug-likeness (QED) is 0.304. The van der Waals surface area contributed by atoms with Crippen LogP contribution in [-0.2, 0) is 12.8 Å². The van der Waals surface area contributed by atoms with Gasteiger partial charge in [0.1, 0.15) is 0 Å². The molecule has 0 saturated heterocycles. The molecule has 2 fully saturated rings. The average molecular weight is 495 g/mol. The maximum absolute atomic E-state index is 3.91. The topological polar surface area (TPSA) is 0 Å². The molecule has 0 aromatic heterocycles. The molecule has 3 aliphatic rings. The van der Waals surface area contributed by atoms with Crippen LogP contribution in [0.4, 0.5) is 0 Å². The third-order valence-corrected chi connectivity index (χ3v) is 10.3. The molecule has 198 valence electrons. The minimum absolute atomic E-state index is 0.768. The molecular formula is C37H50. The summed E-state index contributed by atoms with van der Waals surface area (Å²) in [6, 6.07) is 17.0. The van der Waals surface area contributed by atoms with Gasteiger partial charge < -0.3 is 0 Å². The molecule has 0 aliphatic heterocycles. The molecule has 2 saturated carbocycles. The minimum atomic E-state index is 0.768. The van der Waals surface area contributed by atoms with E-state index in [0.717, 1.165) is 29.6 Å². The minimum Gasteiger partial charge on any atom is -0.103 e. The van der Waals surface area contributed by atoms with E-state index < -0.39 is 0 Å². The third-order valence-electron chi connectivity index (χ3n) is 10.3. The largest absolute Gasteiger partial charge is 0.103 e. The highest BCUT2D eigenvalue weighted by Crippen LogP contribution is 2.42. The Hall–Kier alpha value is -2.08. The molecule has 3 aliphatic carbocycles. The highest BCUT2D eigenvalue weighted by atomic mass is 14.4. The normalized spacial score (nSPS) is 28.2. The molecule has 2 aromatic rings. The first-order valence-electron chi connectivity index (χ1n) is 15.7. The summed E-state index contributed by atoms with van der Waals surface area (Å²) in [5.41, 5.74) is 7.63. The van der Waals surface area contributed by atoms with E-state index in [2.05, 4.69) is 74.2 Å². The van der Waals surface area contributed by atoms with E-state index in [4.69, 9.17) is 0 Å². The third kappa shape index (κ3) is 6.87. The number of benzene rings is 2. The van der Waals surface area contributed by atoms with Gasteiger partial charge in [-0.2, -0.15) is 0 Å². The van der Waals surface area contributed by atoms with E-state index in [9.17, 15) is 0 Å². The van der Waals surface area contributed by atoms with Crippen molar-refractivity contribution in [3.05, 3.63) is 84.0 Å². The summed E-state index contributed by atoms with van der Waals surface area (Å²) < 4.78 is 0. The summed E-state index contributed by atoms with van der Waals surface area (Å²) in [5, 5.41) is 0. The van der Waals surface area contributed by atoms with Crippen LogP contribution in [0.2, 0.25) is 0 Å². The molecule has 0 spiro atoms. The van der Waals surface area contributed by atoms with E-state index in [1.54, 1.807) is 16.7 Å². The first kappa shape index (κ1) is 26.5. The molecule has 0 nitrogen and oxygen atoms in total. The molecular weight excluding hydrogens is 444 g/mol. The summed E-state index contributed by atoms with van der Waals surface area (Å²) in [6.07, 6.45) is 27.2. The summed E-state index contributed by atoms with van der Waals surface area (Å²) >= 11 is 0. The second-order valence-electron chi connectivity index (χ2n) is 12.6. The average Bonchev–Trinajstić information content (AvgIpc) is 2.96. The zero-order valence-electron chi connectivity index (χ0n) is 23.5. The second-order valence-corrected chi connectivity index (χ2v) is 12.6. The van der Waals surface area contributed by atoms with Gasteiger partial charge in [-0.15, -0.1) is 6.58 Å². The fourth-order valence-corrected chi connectivity index (χ4v) is 7.90. The fraction of sp³-hybridized carbons (Fsp3) is 0.568. The van der Waals surface area contributed by atoms with Gasteiger partial charge in [-0.1, -0.05) is 73.5 Å². The maximum atomic E-state index is 3.91. The van der Waals surface area contributed by atoms with Crippen LogP contribution in [0.5, 0.6) is 0 Å². The summed E-state index contributed by atoms with van der Waals surface area (Å²) in [4.78, 5) is 0. The van der Waals surface area contributed by atoms with Crippen LogP contribution in [-0.4, -0.2) is 0 Å². The Morgan fingerprint density at radius 3 is 2.08 bits per heavy atom. The monoisotopic (exact) mass is 494 g/mol. The van der Waals surface area contributed by atoms with Crippen molar-refractivity contribution >= 4 is 0 Å². The number of fused-ring (bicyclic) bond motifs is 1.